The molecule has 0 aromatic rings. The van der Waals surface area contributed by atoms with Gasteiger partial charge in [-0.25, -0.2) is 0 Å². The molecule has 1 aliphatic rings. The van der Waals surface area contributed by atoms with E-state index in [1.165, 1.54) is 13.8 Å². The molecule has 0 bridgehead atoms. The van der Waals surface area contributed by atoms with Crippen molar-refractivity contribution < 1.29 is 39.9 Å². The molecule has 1 unspecified atom stereocenters. The van der Waals surface area contributed by atoms with Crippen LogP contribution < -0.4 is 10.6 Å². The minimum absolute atomic E-state index is 0.530. The zero-order chi connectivity index (χ0) is 17.0. The van der Waals surface area contributed by atoms with Crippen molar-refractivity contribution >= 4 is 11.9 Å². The van der Waals surface area contributed by atoms with Crippen LogP contribution in [0.2, 0.25) is 0 Å². The van der Waals surface area contributed by atoms with Gasteiger partial charge in [-0.05, 0) is 6.92 Å². The Morgan fingerprint density at radius 1 is 1.27 bits per heavy atom. The maximum atomic E-state index is 11.2. The van der Waals surface area contributed by atoms with Gasteiger partial charge in [0.15, 0.2) is 0 Å². The van der Waals surface area contributed by atoms with E-state index in [0.717, 1.165) is 0 Å². The predicted molar refractivity (Wildman–Crippen MR) is 71.6 cm³/mol. The van der Waals surface area contributed by atoms with Gasteiger partial charge in [-0.2, -0.15) is 0 Å². The van der Waals surface area contributed by atoms with Gasteiger partial charge in [-0.15, -0.1) is 0 Å². The molecule has 128 valence electrons. The second kappa shape index (κ2) is 7.81. The topological polar surface area (TPSA) is 169 Å². The van der Waals surface area contributed by atoms with Gasteiger partial charge < -0.3 is 35.6 Å². The van der Waals surface area contributed by atoms with Gasteiger partial charge in [0.1, 0.15) is 30.6 Å². The molecule has 1 fully saturated rings. The zero-order valence-electron chi connectivity index (χ0n) is 12.2. The number of ether oxygens (including phenoxy) is 1. The van der Waals surface area contributed by atoms with E-state index in [0.29, 0.717) is 0 Å². The highest BCUT2D eigenvalue weighted by Gasteiger charge is 2.46. The van der Waals surface area contributed by atoms with Crippen molar-refractivity contribution in [1.29, 1.82) is 0 Å². The molecular weight excluding hydrogens is 300 g/mol. The molecule has 10 heteroatoms. The summed E-state index contributed by atoms with van der Waals surface area (Å²) in [6.07, 6.45) is -6.63. The molecule has 7 atom stereocenters. The maximum Gasteiger partial charge on any atom is 0.323 e. The van der Waals surface area contributed by atoms with Gasteiger partial charge in [0, 0.05) is 6.92 Å². The van der Waals surface area contributed by atoms with E-state index in [1.54, 1.807) is 0 Å². The number of nitrogens with one attached hydrogen (secondary N) is 2. The Morgan fingerprint density at radius 2 is 1.86 bits per heavy atom. The van der Waals surface area contributed by atoms with Crippen molar-refractivity contribution in [1.82, 2.24) is 10.6 Å². The van der Waals surface area contributed by atoms with Gasteiger partial charge >= 0.3 is 5.97 Å². The van der Waals surface area contributed by atoms with Gasteiger partial charge in [0.05, 0.1) is 18.8 Å². The number of hydrogen-bond acceptors (Lipinski definition) is 8. The Hall–Kier alpha value is -1.30. The molecule has 0 radical (unpaired) electrons. The number of hydrogen-bond donors (Lipinski definition) is 7. The summed E-state index contributed by atoms with van der Waals surface area (Å²) in [5.74, 6) is -1.89. The Balaban J connectivity index is 2.98. The van der Waals surface area contributed by atoms with Gasteiger partial charge in [0.2, 0.25) is 5.91 Å². The van der Waals surface area contributed by atoms with Crippen LogP contribution in [0.1, 0.15) is 13.8 Å². The second-order valence-electron chi connectivity index (χ2n) is 5.21. The molecule has 10 nitrogen and oxygen atoms in total. The number of carbonyl (C=O) groups is 2. The first-order valence-corrected chi connectivity index (χ1v) is 6.75. The molecule has 1 heterocycles. The average Bonchev–Trinajstić information content (AvgIpc) is 2.41. The van der Waals surface area contributed by atoms with E-state index in [4.69, 9.17) is 14.9 Å². The highest BCUT2D eigenvalue weighted by molar-refractivity contribution is 5.74. The van der Waals surface area contributed by atoms with Crippen LogP contribution in [0.15, 0.2) is 0 Å². The number of carboxylic acids is 1. The van der Waals surface area contributed by atoms with Crippen LogP contribution in [0.4, 0.5) is 0 Å². The Kier molecular flexibility index (Phi) is 6.66. The number of aliphatic hydroxyl groups excluding tert-OH is 4. The fourth-order valence-corrected chi connectivity index (χ4v) is 2.25. The minimum atomic E-state index is -1.49. The van der Waals surface area contributed by atoms with Crippen molar-refractivity contribution in [2.24, 2.45) is 0 Å². The van der Waals surface area contributed by atoms with Gasteiger partial charge in [0.25, 0.3) is 0 Å². The number of carbonyl (C=O) groups excluding carboxylic acids is 1. The summed E-state index contributed by atoms with van der Waals surface area (Å²) in [5.41, 5.74) is 0. The van der Waals surface area contributed by atoms with Crippen LogP contribution in [0.25, 0.3) is 0 Å². The van der Waals surface area contributed by atoms with Crippen LogP contribution in [0.5, 0.6) is 0 Å². The van der Waals surface area contributed by atoms with Crippen molar-refractivity contribution in [2.45, 2.75) is 56.6 Å². The van der Waals surface area contributed by atoms with E-state index >= 15 is 0 Å². The third-order valence-electron chi connectivity index (χ3n) is 3.39. The highest BCUT2D eigenvalue weighted by Crippen LogP contribution is 2.20. The molecule has 0 aromatic carbocycles. The molecule has 0 saturated carbocycles. The first kappa shape index (κ1) is 18.7. The standard InChI is InChI=1S/C12H22N2O8/c1-4(16)7(12(20)21)14-11-8(13-5(2)17)10(19)9(18)6(3-15)22-11/h4,6-11,14-16,18-19H,3H2,1-2H3,(H,13,17)(H,20,21)/t4-,6-,7+,8-,9+,10-,11?/m1/s1. The number of amides is 1. The number of rotatable bonds is 6. The lowest BCUT2D eigenvalue weighted by Crippen LogP contribution is -2.69. The van der Waals surface area contributed by atoms with Crippen molar-refractivity contribution in [3.05, 3.63) is 0 Å². The lowest BCUT2D eigenvalue weighted by atomic mass is 9.95. The molecule has 1 amide bonds. The summed E-state index contributed by atoms with van der Waals surface area (Å²) in [6, 6.07) is -2.58. The Morgan fingerprint density at radius 3 is 2.27 bits per heavy atom. The summed E-state index contributed by atoms with van der Waals surface area (Å²) in [6.45, 7) is 1.81. The third-order valence-corrected chi connectivity index (χ3v) is 3.39. The Labute approximate surface area is 126 Å². The lowest BCUT2D eigenvalue weighted by Gasteiger charge is -2.43. The van der Waals surface area contributed by atoms with Gasteiger partial charge in [-0.3, -0.25) is 14.9 Å². The van der Waals surface area contributed by atoms with E-state index in [9.17, 15) is 24.9 Å². The average molecular weight is 322 g/mol. The number of aliphatic hydroxyl groups is 4. The summed E-state index contributed by atoms with van der Waals surface area (Å²) in [7, 11) is 0. The highest BCUT2D eigenvalue weighted by atomic mass is 16.5. The fraction of sp³-hybridized carbons (Fsp3) is 0.833. The summed E-state index contributed by atoms with van der Waals surface area (Å²) in [5, 5.41) is 52.3. The van der Waals surface area contributed by atoms with Crippen LogP contribution in [-0.4, -0.2) is 86.7 Å². The van der Waals surface area contributed by atoms with E-state index in [1.807, 2.05) is 0 Å². The lowest BCUT2D eigenvalue weighted by molar-refractivity contribution is -0.206. The SMILES string of the molecule is CC(=O)N[C@H]1C(N[C@H](C(=O)O)[C@@H](C)O)O[C@H](CO)[C@H](O)[C@@H]1O. The quantitative estimate of drug-likeness (QED) is 0.261. The summed E-state index contributed by atoms with van der Waals surface area (Å²) >= 11 is 0. The third kappa shape index (κ3) is 4.35. The molecular formula is C12H22N2O8. The zero-order valence-corrected chi connectivity index (χ0v) is 12.2. The minimum Gasteiger partial charge on any atom is -0.480 e. The monoisotopic (exact) mass is 322 g/mol. The summed E-state index contributed by atoms with van der Waals surface area (Å²) < 4.78 is 5.30. The molecule has 0 aliphatic carbocycles. The normalized spacial score (nSPS) is 34.7. The van der Waals surface area contributed by atoms with Gasteiger partial charge in [-0.1, -0.05) is 0 Å². The van der Waals surface area contributed by atoms with Crippen LogP contribution in [0, 0.1) is 0 Å². The van der Waals surface area contributed by atoms with Crippen molar-refractivity contribution in [3.8, 4) is 0 Å². The molecule has 0 aromatic heterocycles. The van der Waals surface area contributed by atoms with E-state index in [-0.39, 0.29) is 0 Å². The number of aliphatic carboxylic acids is 1. The molecule has 7 N–H and O–H groups in total. The van der Waals surface area contributed by atoms with Crippen molar-refractivity contribution in [2.75, 3.05) is 6.61 Å². The second-order valence-corrected chi connectivity index (χ2v) is 5.21. The van der Waals surface area contributed by atoms with E-state index in [2.05, 4.69) is 10.6 Å². The summed E-state index contributed by atoms with van der Waals surface area (Å²) in [4.78, 5) is 22.3. The first-order chi connectivity index (χ1) is 10.2. The smallest absolute Gasteiger partial charge is 0.323 e. The molecule has 1 saturated heterocycles. The maximum absolute atomic E-state index is 11.2. The van der Waals surface area contributed by atoms with Crippen LogP contribution >= 0.6 is 0 Å². The Bertz CT molecular complexity index is 405. The van der Waals surface area contributed by atoms with Crippen molar-refractivity contribution in [3.63, 3.8) is 0 Å². The molecule has 1 aliphatic heterocycles. The van der Waals surface area contributed by atoms with Crippen LogP contribution in [0.3, 0.4) is 0 Å². The number of carboxylic acid groups (broad SMARTS) is 1. The molecule has 1 rings (SSSR count). The van der Waals surface area contributed by atoms with Crippen LogP contribution in [-0.2, 0) is 14.3 Å². The fourth-order valence-electron chi connectivity index (χ4n) is 2.25. The largest absolute Gasteiger partial charge is 0.480 e. The molecule has 0 spiro atoms. The predicted octanol–water partition coefficient (Wildman–Crippen LogP) is -3.65. The van der Waals surface area contributed by atoms with E-state index < -0.39 is 61.2 Å². The molecule has 22 heavy (non-hydrogen) atoms. The first-order valence-electron chi connectivity index (χ1n) is 6.75.